The number of amides is 1. The number of halogens is 1. The van der Waals surface area contributed by atoms with Crippen LogP contribution in [0.2, 0.25) is 0 Å². The van der Waals surface area contributed by atoms with Gasteiger partial charge in [0.15, 0.2) is 0 Å². The van der Waals surface area contributed by atoms with Gasteiger partial charge in [-0.2, -0.15) is 11.8 Å². The van der Waals surface area contributed by atoms with Crippen molar-refractivity contribution in [3.8, 4) is 0 Å². The van der Waals surface area contributed by atoms with Gasteiger partial charge >= 0.3 is 0 Å². The highest BCUT2D eigenvalue weighted by Crippen LogP contribution is 2.29. The minimum atomic E-state index is -0.270. The zero-order valence-corrected chi connectivity index (χ0v) is 15.6. The number of carbonyl (C=O) groups excluding carboxylic acids is 1. The summed E-state index contributed by atoms with van der Waals surface area (Å²) < 4.78 is 13.6. The average Bonchev–Trinajstić information content (AvgIpc) is 2.69. The summed E-state index contributed by atoms with van der Waals surface area (Å²) in [6.45, 7) is 3.47. The summed E-state index contributed by atoms with van der Waals surface area (Å²) in [4.78, 5) is 25.3. The minimum absolute atomic E-state index is 0.270. The lowest BCUT2D eigenvalue weighted by Crippen LogP contribution is -2.40. The molecular weight excluding hydrogens is 351 g/mol. The van der Waals surface area contributed by atoms with Gasteiger partial charge in [-0.25, -0.2) is 14.4 Å². The third kappa shape index (κ3) is 3.77. The predicted octanol–water partition coefficient (Wildman–Crippen LogP) is 2.95. The van der Waals surface area contributed by atoms with Gasteiger partial charge in [-0.1, -0.05) is 0 Å². The Hall–Kier alpha value is -1.89. The Morgan fingerprint density at radius 2 is 1.92 bits per heavy atom. The van der Waals surface area contributed by atoms with Crippen molar-refractivity contribution in [3.63, 3.8) is 0 Å². The molecule has 7 heteroatoms. The van der Waals surface area contributed by atoms with Crippen LogP contribution >= 0.6 is 11.8 Å². The van der Waals surface area contributed by atoms with Gasteiger partial charge in [-0.15, -0.1) is 0 Å². The smallest absolute Gasteiger partial charge is 0.222 e. The molecule has 138 valence electrons. The molecule has 0 N–H and O–H groups in total. The second-order valence-electron chi connectivity index (χ2n) is 6.99. The average molecular weight is 374 g/mol. The van der Waals surface area contributed by atoms with Crippen molar-refractivity contribution in [1.82, 2.24) is 14.9 Å². The van der Waals surface area contributed by atoms with E-state index in [1.54, 1.807) is 12.4 Å². The number of rotatable bonds is 3. The summed E-state index contributed by atoms with van der Waals surface area (Å²) in [6.07, 6.45) is 4.13. The number of nitrogens with zero attached hydrogens (tertiary/aromatic N) is 4. The fourth-order valence-corrected chi connectivity index (χ4v) is 4.71. The molecule has 0 bridgehead atoms. The van der Waals surface area contributed by atoms with Crippen molar-refractivity contribution in [2.45, 2.75) is 19.3 Å². The summed E-state index contributed by atoms with van der Waals surface area (Å²) >= 11 is 1.92. The summed E-state index contributed by atoms with van der Waals surface area (Å²) in [5, 5.41) is 0.757. The third-order valence-corrected chi connectivity index (χ3v) is 6.26. The maximum atomic E-state index is 13.6. The molecule has 0 atom stereocenters. The normalized spacial score (nSPS) is 19.1. The van der Waals surface area contributed by atoms with Gasteiger partial charge in [-0.3, -0.25) is 4.79 Å². The van der Waals surface area contributed by atoms with Crippen molar-refractivity contribution in [2.75, 3.05) is 42.6 Å². The fourth-order valence-electron chi connectivity index (χ4n) is 3.80. The van der Waals surface area contributed by atoms with E-state index in [1.165, 1.54) is 12.1 Å². The predicted molar refractivity (Wildman–Crippen MR) is 103 cm³/mol. The van der Waals surface area contributed by atoms with E-state index in [2.05, 4.69) is 14.9 Å². The Morgan fingerprint density at radius 3 is 2.69 bits per heavy atom. The number of benzene rings is 1. The van der Waals surface area contributed by atoms with Crippen LogP contribution in [-0.2, 0) is 4.79 Å². The molecule has 0 aliphatic carbocycles. The van der Waals surface area contributed by atoms with Crippen LogP contribution in [0.3, 0.4) is 0 Å². The van der Waals surface area contributed by atoms with Crippen molar-refractivity contribution >= 4 is 34.4 Å². The monoisotopic (exact) mass is 374 g/mol. The minimum Gasteiger partial charge on any atom is -0.356 e. The quantitative estimate of drug-likeness (QED) is 0.827. The molecular formula is C19H23FN4OS. The number of piperidine rings is 1. The maximum absolute atomic E-state index is 13.6. The zero-order chi connectivity index (χ0) is 17.9. The number of aromatic nitrogens is 2. The molecule has 0 spiro atoms. The van der Waals surface area contributed by atoms with Crippen LogP contribution in [0.5, 0.6) is 0 Å². The van der Waals surface area contributed by atoms with Crippen molar-refractivity contribution < 1.29 is 9.18 Å². The lowest BCUT2D eigenvalue weighted by atomic mass is 9.92. The maximum Gasteiger partial charge on any atom is 0.222 e. The van der Waals surface area contributed by atoms with E-state index in [0.717, 1.165) is 67.2 Å². The van der Waals surface area contributed by atoms with Crippen LogP contribution in [-0.4, -0.2) is 58.5 Å². The highest BCUT2D eigenvalue weighted by Gasteiger charge is 2.26. The largest absolute Gasteiger partial charge is 0.356 e. The van der Waals surface area contributed by atoms with Crippen LogP contribution in [0.1, 0.15) is 19.3 Å². The van der Waals surface area contributed by atoms with E-state index in [9.17, 15) is 9.18 Å². The molecule has 2 aromatic rings. The van der Waals surface area contributed by atoms with Gasteiger partial charge in [0.25, 0.3) is 0 Å². The van der Waals surface area contributed by atoms with E-state index in [1.807, 2.05) is 16.7 Å². The van der Waals surface area contributed by atoms with Gasteiger partial charge in [0.1, 0.15) is 18.0 Å². The first kappa shape index (κ1) is 17.5. The Balaban J connectivity index is 1.39. The fraction of sp³-hybridized carbons (Fsp3) is 0.526. The molecule has 2 aliphatic heterocycles. The lowest BCUT2D eigenvalue weighted by Gasteiger charge is -2.34. The third-order valence-electron chi connectivity index (χ3n) is 5.32. The highest BCUT2D eigenvalue weighted by atomic mass is 32.2. The standard InChI is InChI=1S/C19H23FN4OS/c20-15-1-2-17-16(12-15)19(22-13-21-17)24-5-3-14(4-6-24)11-18(25)23-7-9-26-10-8-23/h1-2,12-14H,3-11H2. The molecule has 1 aromatic heterocycles. The van der Waals surface area contributed by atoms with Crippen LogP contribution in [0, 0.1) is 11.7 Å². The molecule has 0 saturated carbocycles. The molecule has 3 heterocycles. The number of anilines is 1. The molecule has 2 aliphatic rings. The summed E-state index contributed by atoms with van der Waals surface area (Å²) in [5.74, 6) is 3.38. The van der Waals surface area contributed by atoms with Crippen LogP contribution in [0.15, 0.2) is 24.5 Å². The molecule has 1 amide bonds. The van der Waals surface area contributed by atoms with Crippen LogP contribution in [0.25, 0.3) is 10.9 Å². The number of hydrogen-bond donors (Lipinski definition) is 0. The zero-order valence-electron chi connectivity index (χ0n) is 14.7. The number of carbonyl (C=O) groups is 1. The number of hydrogen-bond acceptors (Lipinski definition) is 5. The topological polar surface area (TPSA) is 49.3 Å². The van der Waals surface area contributed by atoms with Crippen molar-refractivity contribution in [2.24, 2.45) is 5.92 Å². The summed E-state index contributed by atoms with van der Waals surface area (Å²) in [5.41, 5.74) is 0.761. The van der Waals surface area contributed by atoms with Crippen LogP contribution in [0.4, 0.5) is 10.2 Å². The molecule has 0 radical (unpaired) electrons. The number of thioether (sulfide) groups is 1. The summed E-state index contributed by atoms with van der Waals surface area (Å²) in [7, 11) is 0. The van der Waals surface area contributed by atoms with Crippen LogP contribution < -0.4 is 4.90 Å². The summed E-state index contributed by atoms with van der Waals surface area (Å²) in [6, 6.07) is 4.63. The van der Waals surface area contributed by atoms with Crippen molar-refractivity contribution in [1.29, 1.82) is 0 Å². The van der Waals surface area contributed by atoms with E-state index in [4.69, 9.17) is 0 Å². The second kappa shape index (κ2) is 7.78. The Morgan fingerprint density at radius 1 is 1.15 bits per heavy atom. The molecule has 2 fully saturated rings. The Kier molecular flexibility index (Phi) is 5.24. The first-order valence-electron chi connectivity index (χ1n) is 9.21. The molecule has 4 rings (SSSR count). The molecule has 5 nitrogen and oxygen atoms in total. The highest BCUT2D eigenvalue weighted by molar-refractivity contribution is 7.99. The SMILES string of the molecule is O=C(CC1CCN(c2ncnc3ccc(F)cc23)CC1)N1CCSCC1. The van der Waals surface area contributed by atoms with E-state index >= 15 is 0 Å². The molecule has 0 unspecified atom stereocenters. The van der Waals surface area contributed by atoms with Gasteiger partial charge < -0.3 is 9.80 Å². The lowest BCUT2D eigenvalue weighted by molar-refractivity contribution is -0.132. The van der Waals surface area contributed by atoms with E-state index in [-0.39, 0.29) is 5.82 Å². The molecule has 2 saturated heterocycles. The van der Waals surface area contributed by atoms with Crippen molar-refractivity contribution in [3.05, 3.63) is 30.3 Å². The van der Waals surface area contributed by atoms with E-state index in [0.29, 0.717) is 18.2 Å². The van der Waals surface area contributed by atoms with Gasteiger partial charge in [0.05, 0.1) is 5.52 Å². The molecule has 1 aromatic carbocycles. The van der Waals surface area contributed by atoms with E-state index < -0.39 is 0 Å². The molecule has 26 heavy (non-hydrogen) atoms. The first-order valence-corrected chi connectivity index (χ1v) is 10.4. The van der Waals surface area contributed by atoms with Gasteiger partial charge in [0.2, 0.25) is 5.91 Å². The number of fused-ring (bicyclic) bond motifs is 1. The first-order chi connectivity index (χ1) is 12.7. The Labute approximate surface area is 157 Å². The Bertz CT molecular complexity index is 788. The van der Waals surface area contributed by atoms with Gasteiger partial charge in [-0.05, 0) is 37.0 Å². The van der Waals surface area contributed by atoms with Gasteiger partial charge in [0, 0.05) is 49.5 Å². The second-order valence-corrected chi connectivity index (χ2v) is 8.21.